The highest BCUT2D eigenvalue weighted by Gasteiger charge is 2.18. The number of hydrogen-bond donors (Lipinski definition) is 3. The third-order valence-electron chi connectivity index (χ3n) is 1.55. The molecule has 5 nitrogen and oxygen atoms in total. The van der Waals surface area contributed by atoms with Gasteiger partial charge >= 0.3 is 12.0 Å². The van der Waals surface area contributed by atoms with Crippen molar-refractivity contribution in [2.45, 2.75) is 19.4 Å². The highest BCUT2D eigenvalue weighted by Crippen LogP contribution is 2.00. The Morgan fingerprint density at radius 2 is 2.14 bits per heavy atom. The van der Waals surface area contributed by atoms with Gasteiger partial charge in [0.25, 0.3) is 0 Å². The van der Waals surface area contributed by atoms with Crippen molar-refractivity contribution in [1.82, 2.24) is 10.6 Å². The molecule has 1 atom stereocenters. The number of thioether (sulfide) groups is 1. The molecule has 0 bridgehead atoms. The molecule has 1 unspecified atom stereocenters. The van der Waals surface area contributed by atoms with Crippen molar-refractivity contribution >= 4 is 23.8 Å². The van der Waals surface area contributed by atoms with Crippen LogP contribution in [0.1, 0.15) is 13.3 Å². The average molecular weight is 220 g/mol. The Kier molecular flexibility index (Phi) is 7.00. The molecule has 0 fully saturated rings. The average Bonchev–Trinajstić information content (AvgIpc) is 2.12. The maximum atomic E-state index is 11.0. The van der Waals surface area contributed by atoms with Gasteiger partial charge in [0.05, 0.1) is 0 Å². The van der Waals surface area contributed by atoms with Crippen LogP contribution in [0.3, 0.4) is 0 Å². The highest BCUT2D eigenvalue weighted by molar-refractivity contribution is 7.98. The number of carbonyl (C=O) groups is 2. The van der Waals surface area contributed by atoms with Gasteiger partial charge in [0.15, 0.2) is 0 Å². The molecule has 0 saturated heterocycles. The van der Waals surface area contributed by atoms with Crippen LogP contribution in [0.15, 0.2) is 0 Å². The number of amides is 2. The Morgan fingerprint density at radius 1 is 1.50 bits per heavy atom. The van der Waals surface area contributed by atoms with Gasteiger partial charge in [-0.3, -0.25) is 0 Å². The number of nitrogens with one attached hydrogen (secondary N) is 2. The molecule has 0 heterocycles. The van der Waals surface area contributed by atoms with Gasteiger partial charge in [0, 0.05) is 6.54 Å². The van der Waals surface area contributed by atoms with Crippen LogP contribution in [0.25, 0.3) is 0 Å². The molecular formula is C8H16N2O3S. The van der Waals surface area contributed by atoms with E-state index in [1.807, 2.05) is 6.26 Å². The SMILES string of the molecule is CCNC(=O)NC(CCSC)C(=O)O. The van der Waals surface area contributed by atoms with E-state index < -0.39 is 18.0 Å². The van der Waals surface area contributed by atoms with E-state index in [1.165, 1.54) is 0 Å². The van der Waals surface area contributed by atoms with E-state index in [9.17, 15) is 9.59 Å². The van der Waals surface area contributed by atoms with Crippen molar-refractivity contribution in [2.75, 3.05) is 18.6 Å². The monoisotopic (exact) mass is 220 g/mol. The van der Waals surface area contributed by atoms with E-state index in [1.54, 1.807) is 18.7 Å². The number of carbonyl (C=O) groups excluding carboxylic acids is 1. The van der Waals surface area contributed by atoms with Crippen molar-refractivity contribution < 1.29 is 14.7 Å². The molecule has 0 aliphatic carbocycles. The van der Waals surface area contributed by atoms with Gasteiger partial charge in [-0.2, -0.15) is 11.8 Å². The Balaban J connectivity index is 3.95. The number of aliphatic carboxylic acids is 1. The molecule has 14 heavy (non-hydrogen) atoms. The minimum Gasteiger partial charge on any atom is -0.480 e. The van der Waals surface area contributed by atoms with E-state index in [4.69, 9.17) is 5.11 Å². The summed E-state index contributed by atoms with van der Waals surface area (Å²) in [6.45, 7) is 2.26. The number of hydrogen-bond acceptors (Lipinski definition) is 3. The highest BCUT2D eigenvalue weighted by atomic mass is 32.2. The zero-order valence-electron chi connectivity index (χ0n) is 8.37. The molecule has 0 aliphatic heterocycles. The summed E-state index contributed by atoms with van der Waals surface area (Å²) in [5, 5.41) is 13.6. The minimum atomic E-state index is -0.995. The van der Waals surface area contributed by atoms with Crippen LogP contribution in [0.2, 0.25) is 0 Å². The molecule has 0 aromatic carbocycles. The Bertz CT molecular complexity index is 199. The smallest absolute Gasteiger partial charge is 0.326 e. The first-order valence-corrected chi connectivity index (χ1v) is 5.77. The number of carboxylic acid groups (broad SMARTS) is 1. The fourth-order valence-electron chi connectivity index (χ4n) is 0.863. The second-order valence-corrected chi connectivity index (χ2v) is 3.66. The van der Waals surface area contributed by atoms with Crippen LogP contribution in [0.5, 0.6) is 0 Å². The molecule has 2 amide bonds. The van der Waals surface area contributed by atoms with Crippen molar-refractivity contribution in [3.05, 3.63) is 0 Å². The number of carboxylic acids is 1. The van der Waals surface area contributed by atoms with Gasteiger partial charge in [-0.05, 0) is 25.4 Å². The molecule has 0 spiro atoms. The maximum absolute atomic E-state index is 11.0. The summed E-state index contributed by atoms with van der Waals surface area (Å²) in [7, 11) is 0. The lowest BCUT2D eigenvalue weighted by molar-refractivity contribution is -0.139. The van der Waals surface area contributed by atoms with E-state index in [-0.39, 0.29) is 0 Å². The Hall–Kier alpha value is -0.910. The summed E-state index contributed by atoms with van der Waals surface area (Å²) in [5.41, 5.74) is 0. The third-order valence-corrected chi connectivity index (χ3v) is 2.20. The zero-order valence-corrected chi connectivity index (χ0v) is 9.19. The fraction of sp³-hybridized carbons (Fsp3) is 0.750. The maximum Gasteiger partial charge on any atom is 0.326 e. The van der Waals surface area contributed by atoms with E-state index in [0.717, 1.165) is 0 Å². The van der Waals surface area contributed by atoms with Gasteiger partial charge in [-0.15, -0.1) is 0 Å². The zero-order chi connectivity index (χ0) is 11.0. The molecule has 0 radical (unpaired) electrons. The summed E-state index contributed by atoms with van der Waals surface area (Å²) in [6, 6.07) is -1.23. The molecule has 3 N–H and O–H groups in total. The van der Waals surface area contributed by atoms with Crippen molar-refractivity contribution in [3.63, 3.8) is 0 Å². The molecule has 82 valence electrons. The first-order chi connectivity index (χ1) is 6.61. The second kappa shape index (κ2) is 7.49. The Morgan fingerprint density at radius 3 is 2.57 bits per heavy atom. The minimum absolute atomic E-state index is 0.430. The van der Waals surface area contributed by atoms with Crippen LogP contribution in [-0.4, -0.2) is 41.7 Å². The molecule has 0 aromatic rings. The van der Waals surface area contributed by atoms with Crippen LogP contribution in [-0.2, 0) is 4.79 Å². The summed E-state index contributed by atoms with van der Waals surface area (Å²) >= 11 is 1.55. The second-order valence-electron chi connectivity index (χ2n) is 2.68. The number of urea groups is 1. The van der Waals surface area contributed by atoms with Crippen LogP contribution < -0.4 is 10.6 Å². The van der Waals surface area contributed by atoms with Crippen molar-refractivity contribution in [3.8, 4) is 0 Å². The summed E-state index contributed by atoms with van der Waals surface area (Å²) in [4.78, 5) is 21.7. The van der Waals surface area contributed by atoms with Gasteiger partial charge < -0.3 is 15.7 Å². The fourth-order valence-corrected chi connectivity index (χ4v) is 1.33. The van der Waals surface area contributed by atoms with E-state index >= 15 is 0 Å². The molecule has 0 saturated carbocycles. The van der Waals surface area contributed by atoms with E-state index in [2.05, 4.69) is 10.6 Å². The summed E-state index contributed by atoms with van der Waals surface area (Å²) in [5.74, 6) is -0.283. The molecule has 6 heteroatoms. The largest absolute Gasteiger partial charge is 0.480 e. The van der Waals surface area contributed by atoms with Gasteiger partial charge in [-0.25, -0.2) is 9.59 Å². The first-order valence-electron chi connectivity index (χ1n) is 4.38. The van der Waals surface area contributed by atoms with Gasteiger partial charge in [0.2, 0.25) is 0 Å². The lowest BCUT2D eigenvalue weighted by atomic mass is 10.2. The standard InChI is InChI=1S/C8H16N2O3S/c1-3-9-8(13)10-6(7(11)12)4-5-14-2/h6H,3-5H2,1-2H3,(H,11,12)(H2,9,10,13). The van der Waals surface area contributed by atoms with Gasteiger partial charge in [-0.1, -0.05) is 0 Å². The van der Waals surface area contributed by atoms with Crippen LogP contribution in [0, 0.1) is 0 Å². The molecular weight excluding hydrogens is 204 g/mol. The van der Waals surface area contributed by atoms with Crippen molar-refractivity contribution in [1.29, 1.82) is 0 Å². The lowest BCUT2D eigenvalue weighted by Crippen LogP contribution is -2.46. The van der Waals surface area contributed by atoms with Crippen LogP contribution in [0.4, 0.5) is 4.79 Å². The topological polar surface area (TPSA) is 78.4 Å². The quantitative estimate of drug-likeness (QED) is 0.609. The van der Waals surface area contributed by atoms with E-state index in [0.29, 0.717) is 18.7 Å². The predicted octanol–water partition coefficient (Wildman–Crippen LogP) is 0.512. The summed E-state index contributed by atoms with van der Waals surface area (Å²) < 4.78 is 0. The molecule has 0 rings (SSSR count). The predicted molar refractivity (Wildman–Crippen MR) is 56.6 cm³/mol. The molecule has 0 aromatic heterocycles. The normalized spacial score (nSPS) is 11.9. The lowest BCUT2D eigenvalue weighted by Gasteiger charge is -2.13. The van der Waals surface area contributed by atoms with Crippen LogP contribution >= 0.6 is 11.8 Å². The van der Waals surface area contributed by atoms with Gasteiger partial charge in [0.1, 0.15) is 6.04 Å². The van der Waals surface area contributed by atoms with Crippen molar-refractivity contribution in [2.24, 2.45) is 0 Å². The Labute approximate surface area is 87.6 Å². The number of rotatable bonds is 6. The first kappa shape index (κ1) is 13.1. The third kappa shape index (κ3) is 5.69. The summed E-state index contributed by atoms with van der Waals surface area (Å²) in [6.07, 6.45) is 2.33. The molecule has 0 aliphatic rings.